The zero-order valence-electron chi connectivity index (χ0n) is 13.4. The molecule has 0 aromatic heterocycles. The van der Waals surface area contributed by atoms with Gasteiger partial charge in [-0.15, -0.1) is 0 Å². The monoisotopic (exact) mass is 284 g/mol. The zero-order chi connectivity index (χ0) is 14.4. The Morgan fingerprint density at radius 1 is 1.15 bits per heavy atom. The Bertz CT molecular complexity index is 265. The predicted molar refractivity (Wildman–Crippen MR) is 82.1 cm³/mol. The van der Waals surface area contributed by atoms with E-state index in [4.69, 9.17) is 9.47 Å². The van der Waals surface area contributed by atoms with Crippen LogP contribution in [-0.2, 0) is 9.47 Å². The van der Waals surface area contributed by atoms with Crippen LogP contribution in [0, 0.1) is 5.92 Å². The fourth-order valence-corrected chi connectivity index (χ4v) is 2.98. The van der Waals surface area contributed by atoms with E-state index >= 15 is 0 Å². The number of nitrogens with one attached hydrogen (secondary N) is 1. The van der Waals surface area contributed by atoms with Gasteiger partial charge in [-0.05, 0) is 45.2 Å². The van der Waals surface area contributed by atoms with E-state index in [1.165, 1.54) is 19.3 Å². The van der Waals surface area contributed by atoms with Crippen LogP contribution in [0.5, 0.6) is 0 Å². The summed E-state index contributed by atoms with van der Waals surface area (Å²) in [4.78, 5) is 2.38. The largest absolute Gasteiger partial charge is 0.375 e. The van der Waals surface area contributed by atoms with Crippen LogP contribution >= 0.6 is 0 Å². The van der Waals surface area contributed by atoms with Gasteiger partial charge >= 0.3 is 0 Å². The first-order valence-electron chi connectivity index (χ1n) is 8.29. The highest BCUT2D eigenvalue weighted by molar-refractivity contribution is 4.77. The first-order chi connectivity index (χ1) is 9.63. The average Bonchev–Trinajstić information content (AvgIpc) is 2.86. The van der Waals surface area contributed by atoms with Gasteiger partial charge in [-0.25, -0.2) is 0 Å². The molecule has 0 spiro atoms. The van der Waals surface area contributed by atoms with Crippen LogP contribution < -0.4 is 5.32 Å². The maximum atomic E-state index is 6.06. The van der Waals surface area contributed by atoms with Crippen LogP contribution in [0.4, 0.5) is 0 Å². The molecule has 2 aliphatic heterocycles. The first-order valence-corrected chi connectivity index (χ1v) is 8.29. The van der Waals surface area contributed by atoms with Gasteiger partial charge in [0.25, 0.3) is 0 Å². The van der Waals surface area contributed by atoms with Gasteiger partial charge in [0.05, 0.1) is 24.9 Å². The lowest BCUT2D eigenvalue weighted by molar-refractivity contribution is -0.0550. The van der Waals surface area contributed by atoms with Crippen molar-refractivity contribution in [3.05, 3.63) is 0 Å². The van der Waals surface area contributed by atoms with Crippen molar-refractivity contribution in [2.24, 2.45) is 5.92 Å². The topological polar surface area (TPSA) is 33.7 Å². The standard InChI is InChI=1S/C16H32N2O2/c1-13(2)10-17-11-15-4-5-16(20-15)12-19-14-6-8-18(3)9-7-14/h13-17H,4-12H2,1-3H3. The molecule has 118 valence electrons. The molecule has 0 amide bonds. The lowest BCUT2D eigenvalue weighted by Crippen LogP contribution is -2.35. The van der Waals surface area contributed by atoms with Gasteiger partial charge in [-0.2, -0.15) is 0 Å². The molecule has 2 atom stereocenters. The Hall–Kier alpha value is -0.160. The second-order valence-corrected chi connectivity index (χ2v) is 6.85. The first kappa shape index (κ1) is 16.2. The number of nitrogens with zero attached hydrogens (tertiary/aromatic N) is 1. The highest BCUT2D eigenvalue weighted by atomic mass is 16.5. The highest BCUT2D eigenvalue weighted by Gasteiger charge is 2.26. The summed E-state index contributed by atoms with van der Waals surface area (Å²) in [5.41, 5.74) is 0. The van der Waals surface area contributed by atoms with Crippen LogP contribution in [0.2, 0.25) is 0 Å². The molecular formula is C16H32N2O2. The van der Waals surface area contributed by atoms with Crippen LogP contribution in [0.15, 0.2) is 0 Å². The normalized spacial score (nSPS) is 29.4. The van der Waals surface area contributed by atoms with E-state index < -0.39 is 0 Å². The maximum absolute atomic E-state index is 6.06. The molecule has 2 unspecified atom stereocenters. The Labute approximate surface area is 124 Å². The molecule has 2 aliphatic rings. The number of ether oxygens (including phenoxy) is 2. The van der Waals surface area contributed by atoms with Crippen LogP contribution in [0.3, 0.4) is 0 Å². The molecule has 0 saturated carbocycles. The zero-order valence-corrected chi connectivity index (χ0v) is 13.4. The van der Waals surface area contributed by atoms with Gasteiger partial charge < -0.3 is 19.7 Å². The Kier molecular flexibility index (Phi) is 6.75. The molecule has 2 saturated heterocycles. The van der Waals surface area contributed by atoms with Gasteiger partial charge in [0, 0.05) is 19.6 Å². The molecule has 2 fully saturated rings. The Morgan fingerprint density at radius 2 is 1.85 bits per heavy atom. The average molecular weight is 284 g/mol. The van der Waals surface area contributed by atoms with E-state index in [0.717, 1.165) is 39.2 Å². The van der Waals surface area contributed by atoms with Crippen LogP contribution in [0.1, 0.15) is 39.5 Å². The van der Waals surface area contributed by atoms with E-state index in [-0.39, 0.29) is 0 Å². The second-order valence-electron chi connectivity index (χ2n) is 6.85. The third-order valence-corrected chi connectivity index (χ3v) is 4.30. The molecule has 2 heterocycles. The second kappa shape index (κ2) is 8.32. The van der Waals surface area contributed by atoms with E-state index in [1.54, 1.807) is 0 Å². The van der Waals surface area contributed by atoms with Crippen LogP contribution in [0.25, 0.3) is 0 Å². The third-order valence-electron chi connectivity index (χ3n) is 4.30. The molecule has 0 bridgehead atoms. The minimum atomic E-state index is 0.320. The highest BCUT2D eigenvalue weighted by Crippen LogP contribution is 2.21. The van der Waals surface area contributed by atoms with Crippen molar-refractivity contribution in [3.8, 4) is 0 Å². The van der Waals surface area contributed by atoms with Gasteiger partial charge in [-0.1, -0.05) is 13.8 Å². The third kappa shape index (κ3) is 5.68. The Morgan fingerprint density at radius 3 is 2.55 bits per heavy atom. The van der Waals surface area contributed by atoms with Crippen molar-refractivity contribution in [2.45, 2.75) is 57.8 Å². The smallest absolute Gasteiger partial charge is 0.0814 e. The molecule has 0 aliphatic carbocycles. The number of hydrogen-bond acceptors (Lipinski definition) is 4. The minimum absolute atomic E-state index is 0.320. The van der Waals surface area contributed by atoms with Crippen molar-refractivity contribution < 1.29 is 9.47 Å². The minimum Gasteiger partial charge on any atom is -0.375 e. The fraction of sp³-hybridized carbons (Fsp3) is 1.00. The van der Waals surface area contributed by atoms with Crippen molar-refractivity contribution in [2.75, 3.05) is 39.8 Å². The van der Waals surface area contributed by atoms with Gasteiger partial charge in [0.2, 0.25) is 0 Å². The molecule has 0 aromatic rings. The van der Waals surface area contributed by atoms with Gasteiger partial charge in [0.1, 0.15) is 0 Å². The number of likely N-dealkylation sites (tertiary alicyclic amines) is 1. The summed E-state index contributed by atoms with van der Waals surface area (Å²) in [6, 6.07) is 0. The molecule has 1 N–H and O–H groups in total. The summed E-state index contributed by atoms with van der Waals surface area (Å²) >= 11 is 0. The number of piperidine rings is 1. The number of hydrogen-bond donors (Lipinski definition) is 1. The lowest BCUT2D eigenvalue weighted by atomic mass is 10.1. The SMILES string of the molecule is CC(C)CNCC1CCC(COC2CCN(C)CC2)O1. The quantitative estimate of drug-likeness (QED) is 0.774. The summed E-state index contributed by atoms with van der Waals surface area (Å²) in [6.07, 6.45) is 5.83. The van der Waals surface area contributed by atoms with E-state index in [2.05, 4.69) is 31.1 Å². The van der Waals surface area contributed by atoms with Crippen LogP contribution in [-0.4, -0.2) is 63.0 Å². The van der Waals surface area contributed by atoms with Crippen molar-refractivity contribution in [1.82, 2.24) is 10.2 Å². The predicted octanol–water partition coefficient (Wildman–Crippen LogP) is 1.89. The Balaban J connectivity index is 1.54. The van der Waals surface area contributed by atoms with Gasteiger partial charge in [0.15, 0.2) is 0 Å². The van der Waals surface area contributed by atoms with Gasteiger partial charge in [-0.3, -0.25) is 0 Å². The summed E-state index contributed by atoms with van der Waals surface area (Å²) in [5, 5.41) is 3.49. The maximum Gasteiger partial charge on any atom is 0.0814 e. The van der Waals surface area contributed by atoms with Crippen molar-refractivity contribution in [1.29, 1.82) is 0 Å². The molecule has 4 heteroatoms. The molecule has 2 rings (SSSR count). The van der Waals surface area contributed by atoms with E-state index in [0.29, 0.717) is 24.2 Å². The molecule has 20 heavy (non-hydrogen) atoms. The lowest BCUT2D eigenvalue weighted by Gasteiger charge is -2.29. The van der Waals surface area contributed by atoms with E-state index in [9.17, 15) is 0 Å². The van der Waals surface area contributed by atoms with E-state index in [1.807, 2.05) is 0 Å². The molecule has 4 nitrogen and oxygen atoms in total. The van der Waals surface area contributed by atoms with Crippen molar-refractivity contribution >= 4 is 0 Å². The molecular weight excluding hydrogens is 252 g/mol. The van der Waals surface area contributed by atoms with Crippen molar-refractivity contribution in [3.63, 3.8) is 0 Å². The number of rotatable bonds is 7. The summed E-state index contributed by atoms with van der Waals surface area (Å²) in [7, 11) is 2.19. The summed E-state index contributed by atoms with van der Waals surface area (Å²) in [6.45, 7) is 9.66. The molecule has 0 radical (unpaired) electrons. The molecule has 0 aromatic carbocycles. The summed E-state index contributed by atoms with van der Waals surface area (Å²) in [5.74, 6) is 0.708. The fourth-order valence-electron chi connectivity index (χ4n) is 2.98. The summed E-state index contributed by atoms with van der Waals surface area (Å²) < 4.78 is 12.1.